The molecule has 0 spiro atoms. The van der Waals surface area contributed by atoms with Gasteiger partial charge < -0.3 is 24.8 Å². The number of hydrogen-bond acceptors (Lipinski definition) is 0. The molecule has 0 bridgehead atoms. The summed E-state index contributed by atoms with van der Waals surface area (Å²) in [5.41, 5.74) is 0. The van der Waals surface area contributed by atoms with E-state index in [1.165, 1.54) is 66.1 Å². The molecule has 6 rings (SSSR count). The van der Waals surface area contributed by atoms with Gasteiger partial charge in [-0.3, -0.25) is 0 Å². The predicted octanol–water partition coefficient (Wildman–Crippen LogP) is 2.32. The average molecular weight is 658 g/mol. The van der Waals surface area contributed by atoms with E-state index in [1.807, 2.05) is 0 Å². The van der Waals surface area contributed by atoms with Gasteiger partial charge >= 0.3 is 45.4 Å². The first kappa shape index (κ1) is 26.8. The van der Waals surface area contributed by atoms with E-state index in [1.54, 1.807) is 0 Å². The Morgan fingerprint density at radius 3 is 0.938 bits per heavy atom. The molecule has 6 aromatic rings. The largest absolute Gasteiger partial charge is 1.00 e. The van der Waals surface area contributed by atoms with E-state index in [-0.39, 0.29) is 29.6 Å². The van der Waals surface area contributed by atoms with Crippen molar-refractivity contribution >= 4 is 59.0 Å². The molecule has 0 saturated carbocycles. The zero-order chi connectivity index (χ0) is 20.9. The smallest absolute Gasteiger partial charge is 0.0771 e. The van der Waals surface area contributed by atoms with Crippen LogP contribution in [0.5, 0.6) is 0 Å². The molecule has 0 aliphatic heterocycles. The standard InChI is InChI=1S/2C13H9.CH3ClSi.2ClH.Hf/c2*1-3-7-12-10(5-1)9-11-6-2-4-8-13(11)12;1-3-2;;;/h2*1-9H;1H3;2*1H;/q2*-1;;;;+2/p-2. The maximum absolute atomic E-state index is 5.44. The Kier molecular flexibility index (Phi) is 10.7. The molecule has 32 heavy (non-hydrogen) atoms. The molecule has 6 aromatic carbocycles. The van der Waals surface area contributed by atoms with Crippen molar-refractivity contribution in [3.05, 3.63) is 109 Å². The number of fused-ring (bicyclic) bond motifs is 6. The number of hydrogen-bond donors (Lipinski definition) is 0. The summed E-state index contributed by atoms with van der Waals surface area (Å²) in [6, 6.07) is 38.5. The van der Waals surface area contributed by atoms with Gasteiger partial charge in [0.1, 0.15) is 0 Å². The minimum absolute atomic E-state index is 0. The predicted molar refractivity (Wildman–Crippen MR) is 132 cm³/mol. The van der Waals surface area contributed by atoms with Crippen LogP contribution in [0.4, 0.5) is 0 Å². The van der Waals surface area contributed by atoms with Crippen LogP contribution in [0.15, 0.2) is 109 Å². The SMILES string of the molecule is C[Si](Cl)=[Hf+2].[Cl-].[Cl-].c1ccc2c(c1)[cH-]c1ccccc12.c1ccc2c(c1)[cH-]c1ccccc12. The molecule has 0 heterocycles. The minimum atomic E-state index is -0.269. The normalized spacial score (nSPS) is 9.88. The van der Waals surface area contributed by atoms with Gasteiger partial charge in [-0.1, -0.05) is 72.8 Å². The minimum Gasteiger partial charge on any atom is -1.00 e. The van der Waals surface area contributed by atoms with E-state index in [0.717, 1.165) is 0 Å². The van der Waals surface area contributed by atoms with Crippen LogP contribution in [0.3, 0.4) is 0 Å². The van der Waals surface area contributed by atoms with Crippen molar-refractivity contribution < 1.29 is 47.8 Å². The van der Waals surface area contributed by atoms with E-state index in [2.05, 4.69) is 116 Å². The number of halogens is 3. The summed E-state index contributed by atoms with van der Waals surface area (Å²) in [7, 11) is 0. The summed E-state index contributed by atoms with van der Waals surface area (Å²) in [5.74, 6) is 0. The Labute approximate surface area is 221 Å². The molecule has 0 aliphatic rings. The maximum atomic E-state index is 5.44. The van der Waals surface area contributed by atoms with Gasteiger partial charge in [-0.15, -0.1) is 79.5 Å². The zero-order valence-corrected chi connectivity index (χ0v) is 24.4. The van der Waals surface area contributed by atoms with Crippen LogP contribution in [0.1, 0.15) is 0 Å². The third kappa shape index (κ3) is 6.33. The van der Waals surface area contributed by atoms with Gasteiger partial charge in [-0.25, -0.2) is 0 Å². The molecule has 0 aromatic heterocycles. The molecule has 0 N–H and O–H groups in total. The summed E-state index contributed by atoms with van der Waals surface area (Å²) in [4.78, 5) is -0.269. The third-order valence-electron chi connectivity index (χ3n) is 5.05. The molecule has 0 atom stereocenters. The van der Waals surface area contributed by atoms with Crippen LogP contribution < -0.4 is 24.8 Å². The van der Waals surface area contributed by atoms with Gasteiger partial charge in [-0.05, 0) is 0 Å². The summed E-state index contributed by atoms with van der Waals surface area (Å²) in [6.07, 6.45) is 0. The Morgan fingerprint density at radius 1 is 0.531 bits per heavy atom. The van der Waals surface area contributed by atoms with Crippen LogP contribution in [0.25, 0.3) is 43.1 Å². The van der Waals surface area contributed by atoms with Crippen molar-refractivity contribution in [2.75, 3.05) is 0 Å². The third-order valence-corrected chi connectivity index (χ3v) is 5.05. The van der Waals surface area contributed by atoms with Crippen molar-refractivity contribution in [2.45, 2.75) is 6.55 Å². The molecule has 0 amide bonds. The van der Waals surface area contributed by atoms with Gasteiger partial charge in [0.2, 0.25) is 0 Å². The maximum Gasteiger partial charge on any atom is -0.0771 e. The molecular weight excluding hydrogens is 637 g/mol. The molecule has 0 aliphatic carbocycles. The second-order valence-electron chi connectivity index (χ2n) is 7.17. The first-order valence-electron chi connectivity index (χ1n) is 9.90. The number of benzene rings is 4. The quantitative estimate of drug-likeness (QED) is 0.134. The summed E-state index contributed by atoms with van der Waals surface area (Å²) in [6.45, 7) is 2.10. The fourth-order valence-electron chi connectivity index (χ4n) is 3.81. The van der Waals surface area contributed by atoms with Crippen LogP contribution in [0, 0.1) is 0 Å². The summed E-state index contributed by atoms with van der Waals surface area (Å²) >= 11 is 6.65. The van der Waals surface area contributed by atoms with Crippen molar-refractivity contribution in [2.24, 2.45) is 0 Å². The van der Waals surface area contributed by atoms with Crippen LogP contribution in [-0.4, -0.2) is 4.80 Å². The second-order valence-corrected chi connectivity index (χ2v) is 21.4. The Morgan fingerprint density at radius 2 is 0.719 bits per heavy atom. The van der Waals surface area contributed by atoms with Crippen LogP contribution in [-0.2, 0) is 23.0 Å². The molecule has 5 heteroatoms. The van der Waals surface area contributed by atoms with E-state index >= 15 is 0 Å². The fourth-order valence-corrected chi connectivity index (χ4v) is 3.81. The van der Waals surface area contributed by atoms with Crippen molar-refractivity contribution in [3.8, 4) is 0 Å². The summed E-state index contributed by atoms with van der Waals surface area (Å²) < 4.78 is 0. The van der Waals surface area contributed by atoms with Gasteiger partial charge in [0.05, 0.1) is 0 Å². The zero-order valence-electron chi connectivity index (χ0n) is 17.5. The Bertz CT molecular complexity index is 1240. The molecule has 0 nitrogen and oxygen atoms in total. The van der Waals surface area contributed by atoms with Gasteiger partial charge in [-0.2, -0.15) is 0 Å². The van der Waals surface area contributed by atoms with Crippen LogP contribution in [0.2, 0.25) is 6.55 Å². The van der Waals surface area contributed by atoms with Crippen LogP contribution >= 0.6 is 11.1 Å². The molecule has 0 saturated heterocycles. The van der Waals surface area contributed by atoms with Gasteiger partial charge in [0.15, 0.2) is 0 Å². The van der Waals surface area contributed by atoms with Crippen molar-refractivity contribution in [1.29, 1.82) is 0 Å². The van der Waals surface area contributed by atoms with E-state index in [0.29, 0.717) is 0 Å². The van der Waals surface area contributed by atoms with Gasteiger partial charge in [0, 0.05) is 0 Å². The topological polar surface area (TPSA) is 0 Å². The Hall–Kier alpha value is -1.42. The van der Waals surface area contributed by atoms with Crippen molar-refractivity contribution in [3.63, 3.8) is 0 Å². The van der Waals surface area contributed by atoms with E-state index in [9.17, 15) is 0 Å². The molecule has 0 unspecified atom stereocenters. The first-order chi connectivity index (χ1) is 14.6. The number of rotatable bonds is 0. The first-order valence-corrected chi connectivity index (χ1v) is 18.3. The molecule has 160 valence electrons. The van der Waals surface area contributed by atoms with E-state index < -0.39 is 0 Å². The van der Waals surface area contributed by atoms with Crippen molar-refractivity contribution in [1.82, 2.24) is 0 Å². The van der Waals surface area contributed by atoms with Gasteiger partial charge in [0.25, 0.3) is 0 Å². The Balaban J connectivity index is 0.000000185. The fraction of sp³-hybridized carbons (Fsp3) is 0.0370. The molecule has 0 radical (unpaired) electrons. The average Bonchev–Trinajstić information content (AvgIpc) is 3.32. The molecular formula is C27H21Cl3HfSi-2. The van der Waals surface area contributed by atoms with E-state index in [4.69, 9.17) is 11.1 Å². The molecule has 0 fully saturated rings. The monoisotopic (exact) mass is 658 g/mol. The summed E-state index contributed by atoms with van der Waals surface area (Å²) in [5, 5.41) is 10.8. The second kappa shape index (κ2) is 12.7.